The summed E-state index contributed by atoms with van der Waals surface area (Å²) in [6.07, 6.45) is 5.60. The maximum Gasteiger partial charge on any atom is 0.0327 e. The highest BCUT2D eigenvalue weighted by atomic mass is 32.2. The van der Waals surface area contributed by atoms with E-state index in [2.05, 4.69) is 36.1 Å². The first-order chi connectivity index (χ1) is 7.23. The number of likely N-dealkylation sites (N-methyl/N-ethyl adjacent to an activating group) is 1. The van der Waals surface area contributed by atoms with Gasteiger partial charge in [-0.05, 0) is 63.7 Å². The van der Waals surface area contributed by atoms with Gasteiger partial charge in [-0.15, -0.1) is 0 Å². The largest absolute Gasteiger partial charge is 0.315 e. The fraction of sp³-hybridized carbons (Fsp3) is 1.00. The smallest absolute Gasteiger partial charge is 0.0327 e. The molecule has 0 bridgehead atoms. The third kappa shape index (κ3) is 2.69. The Morgan fingerprint density at radius 1 is 1.40 bits per heavy atom. The average Bonchev–Trinajstić information content (AvgIpc) is 2.61. The van der Waals surface area contributed by atoms with E-state index in [-0.39, 0.29) is 0 Å². The molecule has 1 unspecified atom stereocenters. The van der Waals surface area contributed by atoms with Crippen LogP contribution in [0.5, 0.6) is 0 Å². The Bertz CT molecular complexity index is 196. The number of nitrogens with zero attached hydrogens (tertiary/aromatic N) is 1. The van der Waals surface area contributed by atoms with Gasteiger partial charge in [0.25, 0.3) is 0 Å². The lowest BCUT2D eigenvalue weighted by Gasteiger charge is -2.47. The molecule has 1 N–H and O–H groups in total. The van der Waals surface area contributed by atoms with E-state index in [0.717, 1.165) is 5.92 Å². The molecule has 0 spiro atoms. The molecule has 1 atom stereocenters. The maximum absolute atomic E-state index is 3.70. The van der Waals surface area contributed by atoms with Crippen LogP contribution in [0.15, 0.2) is 0 Å². The fourth-order valence-corrected chi connectivity index (χ4v) is 3.90. The average molecular weight is 228 g/mol. The lowest BCUT2D eigenvalue weighted by molar-refractivity contribution is 0.0594. The van der Waals surface area contributed by atoms with Crippen molar-refractivity contribution >= 4 is 11.8 Å². The van der Waals surface area contributed by atoms with Gasteiger partial charge in [0.2, 0.25) is 0 Å². The molecule has 0 radical (unpaired) electrons. The lowest BCUT2D eigenvalue weighted by Crippen LogP contribution is -2.56. The summed E-state index contributed by atoms with van der Waals surface area (Å²) in [6.45, 7) is 2.43. The minimum Gasteiger partial charge on any atom is -0.315 e. The highest BCUT2D eigenvalue weighted by molar-refractivity contribution is 7.99. The van der Waals surface area contributed by atoms with Crippen molar-refractivity contribution < 1.29 is 0 Å². The molecular weight excluding hydrogens is 204 g/mol. The highest BCUT2D eigenvalue weighted by Crippen LogP contribution is 2.35. The summed E-state index contributed by atoms with van der Waals surface area (Å²) < 4.78 is 0. The Kier molecular flexibility index (Phi) is 3.97. The summed E-state index contributed by atoms with van der Waals surface area (Å²) in [5.41, 5.74) is 0.492. The summed E-state index contributed by atoms with van der Waals surface area (Å²) >= 11 is 2.12. The Balaban J connectivity index is 1.67. The molecule has 2 aliphatic rings. The zero-order chi connectivity index (χ0) is 10.7. The number of nitrogens with one attached hydrogen (secondary N) is 1. The summed E-state index contributed by atoms with van der Waals surface area (Å²) in [5, 5.41) is 3.70. The summed E-state index contributed by atoms with van der Waals surface area (Å²) in [6, 6.07) is 0. The van der Waals surface area contributed by atoms with Gasteiger partial charge in [0.05, 0.1) is 0 Å². The van der Waals surface area contributed by atoms with Crippen molar-refractivity contribution in [2.24, 2.45) is 5.92 Å². The topological polar surface area (TPSA) is 15.3 Å². The molecule has 88 valence electrons. The second-order valence-corrected chi connectivity index (χ2v) is 6.48. The van der Waals surface area contributed by atoms with Crippen LogP contribution in [0.3, 0.4) is 0 Å². The molecule has 1 heterocycles. The number of hydrogen-bond acceptors (Lipinski definition) is 3. The van der Waals surface area contributed by atoms with Crippen LogP contribution in [-0.4, -0.2) is 49.1 Å². The van der Waals surface area contributed by atoms with Crippen molar-refractivity contribution in [2.75, 3.05) is 38.7 Å². The summed E-state index contributed by atoms with van der Waals surface area (Å²) in [7, 11) is 4.46. The van der Waals surface area contributed by atoms with Gasteiger partial charge in [0.1, 0.15) is 0 Å². The molecule has 2 fully saturated rings. The van der Waals surface area contributed by atoms with Crippen LogP contribution in [0, 0.1) is 5.92 Å². The van der Waals surface area contributed by atoms with Gasteiger partial charge in [0.15, 0.2) is 0 Å². The number of hydrogen-bond donors (Lipinski definition) is 1. The quantitative estimate of drug-likeness (QED) is 0.773. The van der Waals surface area contributed by atoms with Crippen LogP contribution in [0.4, 0.5) is 0 Å². The normalized spacial score (nSPS) is 29.4. The SMILES string of the molecule is CN(C)C1(CNCC2CCSC2)CCC1. The second kappa shape index (κ2) is 5.07. The summed E-state index contributed by atoms with van der Waals surface area (Å²) in [5.74, 6) is 3.70. The molecule has 0 amide bonds. The summed E-state index contributed by atoms with van der Waals surface area (Å²) in [4.78, 5) is 2.42. The molecular formula is C12H24N2S. The van der Waals surface area contributed by atoms with Crippen LogP contribution in [0.2, 0.25) is 0 Å². The van der Waals surface area contributed by atoms with Gasteiger partial charge >= 0.3 is 0 Å². The van der Waals surface area contributed by atoms with E-state index in [4.69, 9.17) is 0 Å². The van der Waals surface area contributed by atoms with Gasteiger partial charge in [-0.3, -0.25) is 0 Å². The minimum atomic E-state index is 0.492. The standard InChI is InChI=1S/C12H24N2S/c1-14(2)12(5-3-6-12)10-13-8-11-4-7-15-9-11/h11,13H,3-10H2,1-2H3. The fourth-order valence-electron chi connectivity index (χ4n) is 2.62. The molecule has 15 heavy (non-hydrogen) atoms. The van der Waals surface area contributed by atoms with Crippen molar-refractivity contribution in [3.8, 4) is 0 Å². The molecule has 0 aromatic heterocycles. The molecule has 2 rings (SSSR count). The Labute approximate surface area is 98.2 Å². The highest BCUT2D eigenvalue weighted by Gasteiger charge is 2.38. The lowest BCUT2D eigenvalue weighted by atomic mass is 9.75. The molecule has 1 saturated carbocycles. The zero-order valence-corrected chi connectivity index (χ0v) is 10.9. The second-order valence-electron chi connectivity index (χ2n) is 5.33. The monoisotopic (exact) mass is 228 g/mol. The first-order valence-corrected chi connectivity index (χ1v) is 7.34. The third-order valence-electron chi connectivity index (χ3n) is 4.14. The van der Waals surface area contributed by atoms with E-state index in [1.54, 1.807) is 0 Å². The van der Waals surface area contributed by atoms with Crippen molar-refractivity contribution in [1.82, 2.24) is 10.2 Å². The molecule has 1 saturated heterocycles. The number of thioether (sulfide) groups is 1. The minimum absolute atomic E-state index is 0.492. The van der Waals surface area contributed by atoms with Crippen molar-refractivity contribution in [3.63, 3.8) is 0 Å². The van der Waals surface area contributed by atoms with Gasteiger partial charge in [-0.2, -0.15) is 11.8 Å². The Morgan fingerprint density at radius 3 is 2.67 bits per heavy atom. The van der Waals surface area contributed by atoms with Gasteiger partial charge < -0.3 is 10.2 Å². The third-order valence-corrected chi connectivity index (χ3v) is 5.38. The van der Waals surface area contributed by atoms with Crippen molar-refractivity contribution in [3.05, 3.63) is 0 Å². The van der Waals surface area contributed by atoms with Gasteiger partial charge in [-0.25, -0.2) is 0 Å². The molecule has 0 aromatic carbocycles. The molecule has 1 aliphatic heterocycles. The zero-order valence-electron chi connectivity index (χ0n) is 10.1. The first-order valence-electron chi connectivity index (χ1n) is 6.19. The number of rotatable bonds is 5. The van der Waals surface area contributed by atoms with Crippen LogP contribution < -0.4 is 5.32 Å². The van der Waals surface area contributed by atoms with E-state index in [0.29, 0.717) is 5.54 Å². The van der Waals surface area contributed by atoms with E-state index >= 15 is 0 Å². The van der Waals surface area contributed by atoms with Crippen LogP contribution in [0.25, 0.3) is 0 Å². The van der Waals surface area contributed by atoms with Crippen LogP contribution in [0.1, 0.15) is 25.7 Å². The van der Waals surface area contributed by atoms with Crippen molar-refractivity contribution in [2.45, 2.75) is 31.2 Å². The molecule has 3 heteroatoms. The maximum atomic E-state index is 3.70. The van der Waals surface area contributed by atoms with Gasteiger partial charge in [-0.1, -0.05) is 0 Å². The van der Waals surface area contributed by atoms with Crippen LogP contribution in [-0.2, 0) is 0 Å². The Hall–Kier alpha value is 0.270. The molecule has 2 nitrogen and oxygen atoms in total. The van der Waals surface area contributed by atoms with E-state index < -0.39 is 0 Å². The van der Waals surface area contributed by atoms with E-state index in [1.807, 2.05) is 0 Å². The molecule has 0 aromatic rings. The Morgan fingerprint density at radius 2 is 2.20 bits per heavy atom. The molecule has 1 aliphatic carbocycles. The van der Waals surface area contributed by atoms with Gasteiger partial charge in [0, 0.05) is 12.1 Å². The van der Waals surface area contributed by atoms with E-state index in [1.165, 1.54) is 50.3 Å². The predicted octanol–water partition coefficient (Wildman–Crippen LogP) is 1.81. The predicted molar refractivity (Wildman–Crippen MR) is 68.6 cm³/mol. The van der Waals surface area contributed by atoms with Crippen LogP contribution >= 0.6 is 11.8 Å². The van der Waals surface area contributed by atoms with E-state index in [9.17, 15) is 0 Å². The van der Waals surface area contributed by atoms with Crippen molar-refractivity contribution in [1.29, 1.82) is 0 Å². The first kappa shape index (κ1) is 11.7.